The standard InChI is InChI=1S/C14H17BrN2S/c1-3-14-17-13(9-18-14)8-16-10(2)11-5-4-6-12(15)7-11/h4-7,9-10,16H,3,8H2,1-2H3. The van der Waals surface area contributed by atoms with Crippen molar-refractivity contribution >= 4 is 27.3 Å². The molecule has 0 spiro atoms. The van der Waals surface area contributed by atoms with E-state index < -0.39 is 0 Å². The summed E-state index contributed by atoms with van der Waals surface area (Å²) >= 11 is 5.24. The van der Waals surface area contributed by atoms with E-state index >= 15 is 0 Å². The Balaban J connectivity index is 1.93. The van der Waals surface area contributed by atoms with Crippen molar-refractivity contribution in [3.05, 3.63) is 50.4 Å². The van der Waals surface area contributed by atoms with Crippen molar-refractivity contribution in [2.45, 2.75) is 32.9 Å². The van der Waals surface area contributed by atoms with Crippen molar-refractivity contribution in [2.24, 2.45) is 0 Å². The maximum atomic E-state index is 4.56. The normalized spacial score (nSPS) is 12.6. The Bertz CT molecular complexity index is 510. The van der Waals surface area contributed by atoms with Crippen molar-refractivity contribution in [1.29, 1.82) is 0 Å². The van der Waals surface area contributed by atoms with E-state index in [9.17, 15) is 0 Å². The quantitative estimate of drug-likeness (QED) is 0.886. The Morgan fingerprint density at radius 3 is 2.94 bits per heavy atom. The molecule has 0 fully saturated rings. The van der Waals surface area contributed by atoms with Crippen molar-refractivity contribution in [1.82, 2.24) is 10.3 Å². The van der Waals surface area contributed by atoms with Gasteiger partial charge in [-0.1, -0.05) is 35.0 Å². The Morgan fingerprint density at radius 1 is 1.44 bits per heavy atom. The summed E-state index contributed by atoms with van der Waals surface area (Å²) in [5.41, 5.74) is 2.43. The summed E-state index contributed by atoms with van der Waals surface area (Å²) in [5, 5.41) is 6.85. The van der Waals surface area contributed by atoms with Gasteiger partial charge in [0, 0.05) is 22.4 Å². The minimum absolute atomic E-state index is 0.328. The van der Waals surface area contributed by atoms with E-state index in [1.807, 2.05) is 6.07 Å². The summed E-state index contributed by atoms with van der Waals surface area (Å²) in [6, 6.07) is 8.73. The van der Waals surface area contributed by atoms with Crippen LogP contribution in [-0.4, -0.2) is 4.98 Å². The number of aromatic nitrogens is 1. The highest BCUT2D eigenvalue weighted by molar-refractivity contribution is 9.10. The predicted molar refractivity (Wildman–Crippen MR) is 80.9 cm³/mol. The highest BCUT2D eigenvalue weighted by Gasteiger charge is 2.06. The fraction of sp³-hybridized carbons (Fsp3) is 0.357. The first-order chi connectivity index (χ1) is 8.69. The maximum absolute atomic E-state index is 4.56. The van der Waals surface area contributed by atoms with Crippen LogP contribution in [0.4, 0.5) is 0 Å². The van der Waals surface area contributed by atoms with Gasteiger partial charge in [-0.15, -0.1) is 11.3 Å². The first-order valence-corrected chi connectivity index (χ1v) is 7.78. The van der Waals surface area contributed by atoms with E-state index in [1.165, 1.54) is 10.6 Å². The molecule has 2 nitrogen and oxygen atoms in total. The third-order valence-corrected chi connectivity index (χ3v) is 4.38. The number of halogens is 1. The van der Waals surface area contributed by atoms with Crippen LogP contribution >= 0.6 is 27.3 Å². The molecular formula is C14H17BrN2S. The lowest BCUT2D eigenvalue weighted by molar-refractivity contribution is 0.568. The Kier molecular flexibility index (Phi) is 4.92. The van der Waals surface area contributed by atoms with Gasteiger partial charge < -0.3 is 5.32 Å². The Morgan fingerprint density at radius 2 is 2.28 bits per heavy atom. The van der Waals surface area contributed by atoms with E-state index in [0.717, 1.165) is 23.1 Å². The lowest BCUT2D eigenvalue weighted by atomic mass is 10.1. The zero-order valence-electron chi connectivity index (χ0n) is 10.6. The second kappa shape index (κ2) is 6.45. The van der Waals surface area contributed by atoms with Crippen molar-refractivity contribution < 1.29 is 0 Å². The summed E-state index contributed by atoms with van der Waals surface area (Å²) in [6.45, 7) is 5.14. The van der Waals surface area contributed by atoms with Gasteiger partial charge in [0.1, 0.15) is 0 Å². The van der Waals surface area contributed by atoms with Gasteiger partial charge in [0.25, 0.3) is 0 Å². The van der Waals surface area contributed by atoms with Gasteiger partial charge in [0.2, 0.25) is 0 Å². The SMILES string of the molecule is CCc1nc(CNC(C)c2cccc(Br)c2)cs1. The number of aryl methyl sites for hydroxylation is 1. The summed E-state index contributed by atoms with van der Waals surface area (Å²) in [7, 11) is 0. The van der Waals surface area contributed by atoms with Gasteiger partial charge in [-0.25, -0.2) is 4.98 Å². The Hall–Kier alpha value is -0.710. The third-order valence-electron chi connectivity index (χ3n) is 2.84. The summed E-state index contributed by atoms with van der Waals surface area (Å²) < 4.78 is 1.12. The molecule has 1 aromatic carbocycles. The summed E-state index contributed by atoms with van der Waals surface area (Å²) in [6.07, 6.45) is 1.02. The van der Waals surface area contributed by atoms with E-state index in [-0.39, 0.29) is 0 Å². The van der Waals surface area contributed by atoms with Crippen LogP contribution in [0.15, 0.2) is 34.1 Å². The van der Waals surface area contributed by atoms with Crippen molar-refractivity contribution in [2.75, 3.05) is 0 Å². The van der Waals surface area contributed by atoms with E-state index in [4.69, 9.17) is 0 Å². The molecule has 4 heteroatoms. The van der Waals surface area contributed by atoms with Crippen molar-refractivity contribution in [3.63, 3.8) is 0 Å². The minimum Gasteiger partial charge on any atom is -0.305 e. The lowest BCUT2D eigenvalue weighted by Gasteiger charge is -2.13. The highest BCUT2D eigenvalue weighted by Crippen LogP contribution is 2.18. The van der Waals surface area contributed by atoms with E-state index in [0.29, 0.717) is 6.04 Å². The van der Waals surface area contributed by atoms with Crippen LogP contribution in [0.1, 0.15) is 36.2 Å². The van der Waals surface area contributed by atoms with Crippen molar-refractivity contribution in [3.8, 4) is 0 Å². The van der Waals surface area contributed by atoms with Gasteiger partial charge in [-0.3, -0.25) is 0 Å². The van der Waals surface area contributed by atoms with Gasteiger partial charge >= 0.3 is 0 Å². The number of thiazole rings is 1. The summed E-state index contributed by atoms with van der Waals surface area (Å²) in [5.74, 6) is 0. The highest BCUT2D eigenvalue weighted by atomic mass is 79.9. The molecule has 0 aliphatic heterocycles. The third kappa shape index (κ3) is 3.64. The van der Waals surface area contributed by atoms with Gasteiger partial charge in [0.05, 0.1) is 10.7 Å². The van der Waals surface area contributed by atoms with Crippen LogP contribution in [0, 0.1) is 0 Å². The van der Waals surface area contributed by atoms with Gasteiger partial charge in [0.15, 0.2) is 0 Å². The molecule has 2 aromatic rings. The Labute approximate surface area is 121 Å². The first kappa shape index (κ1) is 13.7. The molecule has 1 N–H and O–H groups in total. The number of nitrogens with one attached hydrogen (secondary N) is 1. The molecule has 0 bridgehead atoms. The smallest absolute Gasteiger partial charge is 0.0926 e. The van der Waals surface area contributed by atoms with Crippen LogP contribution < -0.4 is 5.32 Å². The number of hydrogen-bond acceptors (Lipinski definition) is 3. The van der Waals surface area contributed by atoms with Crippen LogP contribution in [0.5, 0.6) is 0 Å². The molecule has 0 aliphatic carbocycles. The topological polar surface area (TPSA) is 24.9 Å². The van der Waals surface area contributed by atoms with Gasteiger partial charge in [-0.2, -0.15) is 0 Å². The van der Waals surface area contributed by atoms with Crippen LogP contribution in [0.25, 0.3) is 0 Å². The fourth-order valence-corrected chi connectivity index (χ4v) is 2.91. The van der Waals surface area contributed by atoms with Crippen LogP contribution in [0.2, 0.25) is 0 Å². The number of nitrogens with zero attached hydrogens (tertiary/aromatic N) is 1. The van der Waals surface area contributed by atoms with Crippen LogP contribution in [-0.2, 0) is 13.0 Å². The molecule has 0 saturated heterocycles. The molecule has 1 unspecified atom stereocenters. The molecule has 0 amide bonds. The lowest BCUT2D eigenvalue weighted by Crippen LogP contribution is -2.18. The molecule has 2 rings (SSSR count). The average Bonchev–Trinajstić information content (AvgIpc) is 2.84. The molecule has 1 aromatic heterocycles. The number of rotatable bonds is 5. The average molecular weight is 325 g/mol. The number of benzene rings is 1. The fourth-order valence-electron chi connectivity index (χ4n) is 1.74. The molecule has 18 heavy (non-hydrogen) atoms. The zero-order chi connectivity index (χ0) is 13.0. The monoisotopic (exact) mass is 324 g/mol. The molecule has 0 saturated carbocycles. The van der Waals surface area contributed by atoms with E-state index in [2.05, 4.69) is 63.7 Å². The minimum atomic E-state index is 0.328. The summed E-state index contributed by atoms with van der Waals surface area (Å²) in [4.78, 5) is 4.56. The predicted octanol–water partition coefficient (Wildman–Crippen LogP) is 4.32. The molecule has 1 heterocycles. The zero-order valence-corrected chi connectivity index (χ0v) is 13.0. The largest absolute Gasteiger partial charge is 0.305 e. The number of hydrogen-bond donors (Lipinski definition) is 1. The molecule has 1 atom stereocenters. The van der Waals surface area contributed by atoms with Gasteiger partial charge in [-0.05, 0) is 31.0 Å². The molecule has 0 radical (unpaired) electrons. The maximum Gasteiger partial charge on any atom is 0.0926 e. The first-order valence-electron chi connectivity index (χ1n) is 6.11. The second-order valence-corrected chi connectivity index (χ2v) is 6.10. The van der Waals surface area contributed by atoms with Crippen LogP contribution in [0.3, 0.4) is 0 Å². The van der Waals surface area contributed by atoms with E-state index in [1.54, 1.807) is 11.3 Å². The second-order valence-electron chi connectivity index (χ2n) is 4.24. The molecular weight excluding hydrogens is 308 g/mol. The molecule has 96 valence electrons. The molecule has 0 aliphatic rings.